The van der Waals surface area contributed by atoms with E-state index in [9.17, 15) is 4.79 Å². The van der Waals surface area contributed by atoms with E-state index in [1.165, 1.54) is 0 Å². The minimum absolute atomic E-state index is 0.0130. The lowest BCUT2D eigenvalue weighted by molar-refractivity contribution is -0.133. The van der Waals surface area contributed by atoms with Gasteiger partial charge in [-0.25, -0.2) is 0 Å². The summed E-state index contributed by atoms with van der Waals surface area (Å²) in [6, 6.07) is 2.13. The van der Waals surface area contributed by atoms with Crippen LogP contribution in [0, 0.1) is 16.7 Å². The number of ether oxygens (including phenoxy) is 1. The smallest absolute Gasteiger partial charge is 0.223 e. The number of amides is 1. The minimum atomic E-state index is -0.0130. The highest BCUT2D eigenvalue weighted by molar-refractivity contribution is 5.76. The molecule has 0 unspecified atom stereocenters. The van der Waals surface area contributed by atoms with Crippen molar-refractivity contribution < 1.29 is 9.53 Å². The highest BCUT2D eigenvalue weighted by atomic mass is 16.5. The molecule has 1 aliphatic heterocycles. The van der Waals surface area contributed by atoms with E-state index in [-0.39, 0.29) is 11.3 Å². The molecule has 0 spiro atoms. The molecule has 0 bridgehead atoms. The molecular weight excluding hydrogens is 254 g/mol. The van der Waals surface area contributed by atoms with E-state index in [2.05, 4.69) is 31.7 Å². The molecular formula is C15H27N3O2. The van der Waals surface area contributed by atoms with Crippen LogP contribution in [0.15, 0.2) is 0 Å². The summed E-state index contributed by atoms with van der Waals surface area (Å²) in [6.07, 6.45) is 0.931. The van der Waals surface area contributed by atoms with Crippen LogP contribution in [0.3, 0.4) is 0 Å². The molecule has 0 aliphatic carbocycles. The number of carbonyl (C=O) groups excluding carboxylic acids is 1. The molecule has 1 fully saturated rings. The minimum Gasteiger partial charge on any atom is -0.379 e. The zero-order valence-electron chi connectivity index (χ0n) is 13.0. The molecule has 0 atom stereocenters. The first kappa shape index (κ1) is 16.9. The summed E-state index contributed by atoms with van der Waals surface area (Å²) in [5.41, 5.74) is -0.0130. The SMILES string of the molecule is CC(C)(C)CC(=O)N(CCC#N)CCN1CCOCC1. The summed E-state index contributed by atoms with van der Waals surface area (Å²) < 4.78 is 5.32. The number of hydrogen-bond donors (Lipinski definition) is 0. The van der Waals surface area contributed by atoms with Gasteiger partial charge in [-0.3, -0.25) is 9.69 Å². The van der Waals surface area contributed by atoms with Gasteiger partial charge < -0.3 is 9.64 Å². The van der Waals surface area contributed by atoms with E-state index in [1.807, 2.05) is 4.90 Å². The predicted octanol–water partition coefficient (Wildman–Crippen LogP) is 1.50. The van der Waals surface area contributed by atoms with Gasteiger partial charge in [0.2, 0.25) is 5.91 Å². The van der Waals surface area contributed by atoms with Crippen LogP contribution in [-0.4, -0.2) is 61.6 Å². The van der Waals surface area contributed by atoms with Gasteiger partial charge in [0.05, 0.1) is 25.7 Å². The molecule has 20 heavy (non-hydrogen) atoms. The third kappa shape index (κ3) is 6.88. The second-order valence-electron chi connectivity index (χ2n) is 6.48. The summed E-state index contributed by atoms with van der Waals surface area (Å²) in [5, 5.41) is 8.73. The van der Waals surface area contributed by atoms with Crippen molar-refractivity contribution in [2.24, 2.45) is 5.41 Å². The van der Waals surface area contributed by atoms with Gasteiger partial charge in [0, 0.05) is 39.1 Å². The lowest BCUT2D eigenvalue weighted by Gasteiger charge is -2.31. The van der Waals surface area contributed by atoms with Crippen molar-refractivity contribution in [2.45, 2.75) is 33.6 Å². The van der Waals surface area contributed by atoms with Crippen molar-refractivity contribution in [3.8, 4) is 6.07 Å². The topological polar surface area (TPSA) is 56.6 Å². The Hall–Kier alpha value is -1.12. The van der Waals surface area contributed by atoms with Crippen molar-refractivity contribution in [3.05, 3.63) is 0 Å². The van der Waals surface area contributed by atoms with Crippen molar-refractivity contribution in [2.75, 3.05) is 45.9 Å². The van der Waals surface area contributed by atoms with Crippen LogP contribution in [0.4, 0.5) is 0 Å². The molecule has 5 heteroatoms. The standard InChI is InChI=1S/C15H27N3O2/c1-15(2,3)13-14(19)18(6-4-5-16)8-7-17-9-11-20-12-10-17/h4,6-13H2,1-3H3. The molecule has 5 nitrogen and oxygen atoms in total. The monoisotopic (exact) mass is 281 g/mol. The number of nitrogens with zero attached hydrogens (tertiary/aromatic N) is 3. The quantitative estimate of drug-likeness (QED) is 0.740. The second-order valence-corrected chi connectivity index (χ2v) is 6.48. The third-order valence-electron chi connectivity index (χ3n) is 3.32. The number of nitriles is 1. The van der Waals surface area contributed by atoms with Gasteiger partial charge in [0.15, 0.2) is 0 Å². The zero-order chi connectivity index (χ0) is 15.0. The maximum Gasteiger partial charge on any atom is 0.223 e. The molecule has 0 aromatic heterocycles. The van der Waals surface area contributed by atoms with E-state index >= 15 is 0 Å². The van der Waals surface area contributed by atoms with Crippen LogP contribution in [0.1, 0.15) is 33.6 Å². The molecule has 1 amide bonds. The Bertz CT molecular complexity index is 338. The van der Waals surface area contributed by atoms with Crippen LogP contribution in [0.2, 0.25) is 0 Å². The fourth-order valence-corrected chi connectivity index (χ4v) is 2.20. The summed E-state index contributed by atoms with van der Waals surface area (Å²) >= 11 is 0. The third-order valence-corrected chi connectivity index (χ3v) is 3.32. The van der Waals surface area contributed by atoms with Gasteiger partial charge in [0.1, 0.15) is 0 Å². The van der Waals surface area contributed by atoms with E-state index < -0.39 is 0 Å². The van der Waals surface area contributed by atoms with Gasteiger partial charge in [-0.2, -0.15) is 5.26 Å². The zero-order valence-corrected chi connectivity index (χ0v) is 13.0. The molecule has 0 radical (unpaired) electrons. The largest absolute Gasteiger partial charge is 0.379 e. The number of rotatable bonds is 6. The normalized spacial score (nSPS) is 16.7. The average molecular weight is 281 g/mol. The molecule has 114 valence electrons. The summed E-state index contributed by atoms with van der Waals surface area (Å²) in [5.74, 6) is 0.154. The van der Waals surface area contributed by atoms with Gasteiger partial charge in [0.25, 0.3) is 0 Å². The van der Waals surface area contributed by atoms with Crippen molar-refractivity contribution in [1.29, 1.82) is 5.26 Å². The fraction of sp³-hybridized carbons (Fsp3) is 0.867. The molecule has 1 aliphatic rings. The summed E-state index contributed by atoms with van der Waals surface area (Å²) in [7, 11) is 0. The Morgan fingerprint density at radius 1 is 1.30 bits per heavy atom. The summed E-state index contributed by atoms with van der Waals surface area (Å²) in [6.45, 7) is 11.7. The first-order valence-electron chi connectivity index (χ1n) is 7.37. The van der Waals surface area contributed by atoms with Gasteiger partial charge in [-0.15, -0.1) is 0 Å². The Labute approximate surface area is 122 Å². The molecule has 1 rings (SSSR count). The number of hydrogen-bond acceptors (Lipinski definition) is 4. The number of carbonyl (C=O) groups is 1. The Balaban J connectivity index is 2.45. The summed E-state index contributed by atoms with van der Waals surface area (Å²) in [4.78, 5) is 16.5. The highest BCUT2D eigenvalue weighted by Crippen LogP contribution is 2.19. The molecule has 0 N–H and O–H groups in total. The van der Waals surface area contributed by atoms with E-state index in [4.69, 9.17) is 10.00 Å². The predicted molar refractivity (Wildman–Crippen MR) is 78.1 cm³/mol. The van der Waals surface area contributed by atoms with E-state index in [0.29, 0.717) is 25.9 Å². The molecule has 1 saturated heterocycles. The second kappa shape index (κ2) is 8.23. The van der Waals surface area contributed by atoms with Crippen LogP contribution in [0.5, 0.6) is 0 Å². The highest BCUT2D eigenvalue weighted by Gasteiger charge is 2.21. The molecule has 0 aromatic carbocycles. The maximum atomic E-state index is 12.3. The van der Waals surface area contributed by atoms with Crippen LogP contribution in [-0.2, 0) is 9.53 Å². The van der Waals surface area contributed by atoms with Gasteiger partial charge in [-0.1, -0.05) is 20.8 Å². The fourth-order valence-electron chi connectivity index (χ4n) is 2.20. The first-order valence-corrected chi connectivity index (χ1v) is 7.37. The lowest BCUT2D eigenvalue weighted by Crippen LogP contribution is -2.44. The molecule has 0 aromatic rings. The first-order chi connectivity index (χ1) is 9.42. The lowest BCUT2D eigenvalue weighted by atomic mass is 9.91. The van der Waals surface area contributed by atoms with Crippen molar-refractivity contribution >= 4 is 5.91 Å². The van der Waals surface area contributed by atoms with E-state index in [1.54, 1.807) is 0 Å². The van der Waals surface area contributed by atoms with Crippen LogP contribution < -0.4 is 0 Å². The van der Waals surface area contributed by atoms with Crippen molar-refractivity contribution in [3.63, 3.8) is 0 Å². The van der Waals surface area contributed by atoms with E-state index in [0.717, 1.165) is 32.8 Å². The average Bonchev–Trinajstić information content (AvgIpc) is 2.38. The van der Waals surface area contributed by atoms with Gasteiger partial charge >= 0.3 is 0 Å². The van der Waals surface area contributed by atoms with Crippen molar-refractivity contribution in [1.82, 2.24) is 9.80 Å². The van der Waals surface area contributed by atoms with Crippen LogP contribution in [0.25, 0.3) is 0 Å². The molecule has 0 saturated carbocycles. The van der Waals surface area contributed by atoms with Gasteiger partial charge in [-0.05, 0) is 5.41 Å². The Morgan fingerprint density at radius 3 is 2.50 bits per heavy atom. The molecule has 1 heterocycles. The van der Waals surface area contributed by atoms with Crippen LogP contribution >= 0.6 is 0 Å². The Morgan fingerprint density at radius 2 is 1.95 bits per heavy atom. The maximum absolute atomic E-state index is 12.3. The Kier molecular flexibility index (Phi) is 6.97. The number of morpholine rings is 1.